The summed E-state index contributed by atoms with van der Waals surface area (Å²) in [6, 6.07) is 0. The topological polar surface area (TPSA) is 46.5 Å². The van der Waals surface area contributed by atoms with Crippen molar-refractivity contribution in [3.8, 4) is 0 Å². The van der Waals surface area contributed by atoms with Crippen LogP contribution in [0.15, 0.2) is 11.6 Å². The summed E-state index contributed by atoms with van der Waals surface area (Å²) in [7, 11) is 1.31. The molecule has 0 amide bonds. The zero-order valence-corrected chi connectivity index (χ0v) is 6.42. The monoisotopic (exact) mass is 144 g/mol. The quantitative estimate of drug-likeness (QED) is 0.453. The zero-order chi connectivity index (χ0) is 8.15. The van der Waals surface area contributed by atoms with Gasteiger partial charge in [-0.25, -0.2) is 4.79 Å². The lowest BCUT2D eigenvalue weighted by atomic mass is 10.2. The first-order valence-electron chi connectivity index (χ1n) is 3.02. The number of ether oxygens (including phenoxy) is 1. The Labute approximate surface area is 60.3 Å². The maximum atomic E-state index is 10.6. The summed E-state index contributed by atoms with van der Waals surface area (Å²) >= 11 is 0. The lowest BCUT2D eigenvalue weighted by molar-refractivity contribution is -0.136. The van der Waals surface area contributed by atoms with Crippen LogP contribution in [0.25, 0.3) is 0 Å². The third-order valence-corrected chi connectivity index (χ3v) is 0.999. The molecule has 0 aromatic rings. The fraction of sp³-hybridized carbons (Fsp3) is 0.571. The maximum Gasteiger partial charge on any atom is 0.333 e. The largest absolute Gasteiger partial charge is 0.466 e. The Bertz CT molecular complexity index is 147. The molecule has 10 heavy (non-hydrogen) atoms. The van der Waals surface area contributed by atoms with E-state index in [1.54, 1.807) is 13.8 Å². The molecule has 0 heterocycles. The van der Waals surface area contributed by atoms with Crippen molar-refractivity contribution in [2.45, 2.75) is 20.0 Å². The van der Waals surface area contributed by atoms with Gasteiger partial charge >= 0.3 is 5.97 Å². The second kappa shape index (κ2) is 4.06. The highest BCUT2D eigenvalue weighted by Gasteiger charge is 2.02. The molecule has 0 fully saturated rings. The van der Waals surface area contributed by atoms with Crippen molar-refractivity contribution < 1.29 is 14.6 Å². The number of carbonyl (C=O) groups is 1. The molecule has 0 rings (SSSR count). The fourth-order valence-corrected chi connectivity index (χ4v) is 0.591. The van der Waals surface area contributed by atoms with Gasteiger partial charge < -0.3 is 9.84 Å². The molecule has 0 spiro atoms. The number of aliphatic hydroxyl groups is 1. The van der Waals surface area contributed by atoms with E-state index < -0.39 is 12.1 Å². The molecule has 0 radical (unpaired) electrons. The molecule has 0 aliphatic carbocycles. The summed E-state index contributed by atoms with van der Waals surface area (Å²) in [5, 5.41) is 8.78. The number of hydrogen-bond donors (Lipinski definition) is 1. The first-order valence-corrected chi connectivity index (χ1v) is 3.02. The predicted octanol–water partition coefficient (Wildman–Crippen LogP) is 0.486. The van der Waals surface area contributed by atoms with E-state index >= 15 is 0 Å². The van der Waals surface area contributed by atoms with Gasteiger partial charge in [-0.2, -0.15) is 0 Å². The summed E-state index contributed by atoms with van der Waals surface area (Å²) in [6.45, 7) is 3.17. The summed E-state index contributed by atoms with van der Waals surface area (Å²) in [5.74, 6) is -0.402. The molecule has 0 aliphatic rings. The summed E-state index contributed by atoms with van der Waals surface area (Å²) in [4.78, 5) is 10.6. The van der Waals surface area contributed by atoms with E-state index in [4.69, 9.17) is 5.11 Å². The molecular weight excluding hydrogens is 132 g/mol. The van der Waals surface area contributed by atoms with E-state index in [2.05, 4.69) is 4.74 Å². The van der Waals surface area contributed by atoms with Crippen LogP contribution in [0.2, 0.25) is 0 Å². The van der Waals surface area contributed by atoms with Gasteiger partial charge in [0.1, 0.15) is 0 Å². The summed E-state index contributed by atoms with van der Waals surface area (Å²) in [5.41, 5.74) is 0.428. The molecule has 0 saturated heterocycles. The van der Waals surface area contributed by atoms with E-state index in [9.17, 15) is 4.79 Å². The number of rotatable bonds is 2. The Morgan fingerprint density at radius 1 is 1.70 bits per heavy atom. The van der Waals surface area contributed by atoms with Crippen molar-refractivity contribution in [3.63, 3.8) is 0 Å². The smallest absolute Gasteiger partial charge is 0.333 e. The number of aliphatic hydroxyl groups excluding tert-OH is 1. The summed E-state index contributed by atoms with van der Waals surface area (Å²) in [6.07, 6.45) is 0.838. The highest BCUT2D eigenvalue weighted by Crippen LogP contribution is 1.97. The molecule has 1 atom stereocenters. The molecule has 3 heteroatoms. The molecule has 0 aromatic carbocycles. The lowest BCUT2D eigenvalue weighted by Crippen LogP contribution is -2.05. The highest BCUT2D eigenvalue weighted by atomic mass is 16.5. The zero-order valence-electron chi connectivity index (χ0n) is 6.42. The molecular formula is C7H12O3. The minimum atomic E-state index is -0.598. The minimum absolute atomic E-state index is 0.402. The van der Waals surface area contributed by atoms with Gasteiger partial charge in [-0.3, -0.25) is 0 Å². The van der Waals surface area contributed by atoms with Crippen molar-refractivity contribution >= 4 is 5.97 Å². The van der Waals surface area contributed by atoms with Gasteiger partial charge in [0.25, 0.3) is 0 Å². The Balaban J connectivity index is 4.05. The van der Waals surface area contributed by atoms with E-state index in [-0.39, 0.29) is 0 Å². The molecule has 3 nitrogen and oxygen atoms in total. The van der Waals surface area contributed by atoms with Gasteiger partial charge in [0.05, 0.1) is 13.2 Å². The van der Waals surface area contributed by atoms with Crippen LogP contribution in [0.5, 0.6) is 0 Å². The van der Waals surface area contributed by atoms with E-state index in [1.165, 1.54) is 13.2 Å². The Kier molecular flexibility index (Phi) is 3.72. The van der Waals surface area contributed by atoms with Gasteiger partial charge in [-0.15, -0.1) is 0 Å². The van der Waals surface area contributed by atoms with Crippen LogP contribution >= 0.6 is 0 Å². The molecule has 0 aliphatic heterocycles. The lowest BCUT2D eigenvalue weighted by Gasteiger charge is -1.99. The number of carbonyl (C=O) groups excluding carboxylic acids is 1. The molecule has 0 bridgehead atoms. The Morgan fingerprint density at radius 2 is 2.20 bits per heavy atom. The van der Waals surface area contributed by atoms with Crippen LogP contribution in [0.4, 0.5) is 0 Å². The predicted molar refractivity (Wildman–Crippen MR) is 37.5 cm³/mol. The molecule has 0 saturated carbocycles. The SMILES string of the molecule is COC(=O)/C(C)=C/C(C)O. The van der Waals surface area contributed by atoms with Crippen molar-refractivity contribution in [3.05, 3.63) is 11.6 Å². The van der Waals surface area contributed by atoms with Crippen LogP contribution in [0.1, 0.15) is 13.8 Å². The van der Waals surface area contributed by atoms with Crippen molar-refractivity contribution in [2.24, 2.45) is 0 Å². The van der Waals surface area contributed by atoms with Crippen molar-refractivity contribution in [2.75, 3.05) is 7.11 Å². The van der Waals surface area contributed by atoms with Crippen molar-refractivity contribution in [1.29, 1.82) is 0 Å². The third kappa shape index (κ3) is 3.25. The third-order valence-electron chi connectivity index (χ3n) is 0.999. The van der Waals surface area contributed by atoms with Crippen LogP contribution < -0.4 is 0 Å². The summed E-state index contributed by atoms with van der Waals surface area (Å²) < 4.78 is 4.39. The van der Waals surface area contributed by atoms with Crippen LogP contribution in [0.3, 0.4) is 0 Å². The second-order valence-electron chi connectivity index (χ2n) is 2.08. The Morgan fingerprint density at radius 3 is 2.50 bits per heavy atom. The highest BCUT2D eigenvalue weighted by molar-refractivity contribution is 5.87. The van der Waals surface area contributed by atoms with Crippen LogP contribution in [0, 0.1) is 0 Å². The molecule has 1 unspecified atom stereocenters. The Hall–Kier alpha value is -0.830. The van der Waals surface area contributed by atoms with E-state index in [0.717, 1.165) is 0 Å². The normalized spacial score (nSPS) is 14.6. The minimum Gasteiger partial charge on any atom is -0.466 e. The average Bonchev–Trinajstić information content (AvgIpc) is 1.85. The van der Waals surface area contributed by atoms with Crippen molar-refractivity contribution in [1.82, 2.24) is 0 Å². The first kappa shape index (κ1) is 9.17. The van der Waals surface area contributed by atoms with Gasteiger partial charge in [0.2, 0.25) is 0 Å². The maximum absolute atomic E-state index is 10.6. The molecule has 0 aromatic heterocycles. The average molecular weight is 144 g/mol. The number of methoxy groups -OCH3 is 1. The standard InChI is InChI=1S/C7H12O3/c1-5(4-6(2)8)7(9)10-3/h4,6,8H,1-3H3/b5-4+. The van der Waals surface area contributed by atoms with Gasteiger partial charge in [-0.1, -0.05) is 0 Å². The van der Waals surface area contributed by atoms with Crippen LogP contribution in [-0.2, 0) is 9.53 Å². The van der Waals surface area contributed by atoms with Gasteiger partial charge in [0.15, 0.2) is 0 Å². The molecule has 58 valence electrons. The van der Waals surface area contributed by atoms with E-state index in [0.29, 0.717) is 5.57 Å². The second-order valence-corrected chi connectivity index (χ2v) is 2.08. The van der Waals surface area contributed by atoms with E-state index in [1.807, 2.05) is 0 Å². The van der Waals surface area contributed by atoms with Gasteiger partial charge in [-0.05, 0) is 19.9 Å². The fourth-order valence-electron chi connectivity index (χ4n) is 0.591. The van der Waals surface area contributed by atoms with Gasteiger partial charge in [0, 0.05) is 5.57 Å². The molecule has 1 N–H and O–H groups in total. The number of esters is 1. The number of hydrogen-bond acceptors (Lipinski definition) is 3. The first-order chi connectivity index (χ1) is 4.57. The van der Waals surface area contributed by atoms with Crippen LogP contribution in [-0.4, -0.2) is 24.3 Å².